The molecule has 0 aliphatic rings. The van der Waals surface area contributed by atoms with Crippen LogP contribution in [0.15, 0.2) is 91.4 Å². The van der Waals surface area contributed by atoms with Crippen molar-refractivity contribution in [2.75, 3.05) is 0 Å². The maximum atomic E-state index is 13.1. The molecule has 1 heterocycles. The number of nitrogens with one attached hydrogen (secondary N) is 1. The first kappa shape index (κ1) is 19.6. The zero-order chi connectivity index (χ0) is 19.8. The lowest BCUT2D eigenvalue weighted by Gasteiger charge is -2.16. The van der Waals surface area contributed by atoms with Crippen molar-refractivity contribution >= 4 is 7.85 Å². The Morgan fingerprint density at radius 2 is 1.43 bits per heavy atom. The second-order valence-corrected chi connectivity index (χ2v) is 6.23. The first-order valence-electron chi connectivity index (χ1n) is 8.92. The van der Waals surface area contributed by atoms with E-state index in [1.165, 1.54) is 29.8 Å². The van der Waals surface area contributed by atoms with E-state index in [0.29, 0.717) is 6.32 Å². The first-order valence-corrected chi connectivity index (χ1v) is 8.92. The van der Waals surface area contributed by atoms with Crippen LogP contribution < -0.4 is 0 Å². The third-order valence-corrected chi connectivity index (χ3v) is 4.32. The highest BCUT2D eigenvalue weighted by molar-refractivity contribution is 6.09. The minimum atomic E-state index is -0.308. The normalized spacial score (nSPS) is 10.4. The molecule has 0 bridgehead atoms. The number of aromatic nitrogens is 2. The number of aromatic amines is 1. The predicted octanol–water partition coefficient (Wildman–Crippen LogP) is 5.76. The van der Waals surface area contributed by atoms with Gasteiger partial charge in [-0.25, -0.2) is 13.8 Å². The summed E-state index contributed by atoms with van der Waals surface area (Å²) in [5.41, 5.74) is 3.76. The maximum Gasteiger partial charge on any atom is 0.123 e. The van der Waals surface area contributed by atoms with E-state index in [9.17, 15) is 8.78 Å². The molecular formula is C23H19BF2N2. The largest absolute Gasteiger partial charge is 0.345 e. The summed E-state index contributed by atoms with van der Waals surface area (Å²) in [5.74, 6) is -0.795. The zero-order valence-electron chi connectivity index (χ0n) is 15.2. The van der Waals surface area contributed by atoms with Gasteiger partial charge < -0.3 is 4.98 Å². The summed E-state index contributed by atoms with van der Waals surface area (Å²) in [6.45, 7) is 0. The maximum absolute atomic E-state index is 13.1. The van der Waals surface area contributed by atoms with Crippen molar-refractivity contribution < 1.29 is 8.78 Å². The van der Waals surface area contributed by atoms with Crippen molar-refractivity contribution in [3.8, 4) is 11.3 Å². The van der Waals surface area contributed by atoms with Crippen LogP contribution in [0.1, 0.15) is 17.0 Å². The fourth-order valence-corrected chi connectivity index (χ4v) is 2.94. The van der Waals surface area contributed by atoms with Gasteiger partial charge in [0.2, 0.25) is 0 Å². The molecule has 0 saturated heterocycles. The van der Waals surface area contributed by atoms with Crippen molar-refractivity contribution in [2.45, 2.75) is 12.2 Å². The Kier molecular flexibility index (Phi) is 6.74. The van der Waals surface area contributed by atoms with Gasteiger partial charge in [0.05, 0.1) is 26.1 Å². The smallest absolute Gasteiger partial charge is 0.123 e. The minimum Gasteiger partial charge on any atom is -0.345 e. The number of imidazole rings is 1. The molecule has 2 nitrogen and oxygen atoms in total. The molecule has 4 rings (SSSR count). The van der Waals surface area contributed by atoms with Gasteiger partial charge in [-0.3, -0.25) is 0 Å². The quantitative estimate of drug-likeness (QED) is 0.454. The summed E-state index contributed by atoms with van der Waals surface area (Å²) in [6, 6.07) is 22.6. The number of rotatable bonds is 4. The topological polar surface area (TPSA) is 28.7 Å². The van der Waals surface area contributed by atoms with E-state index in [1.54, 1.807) is 30.6 Å². The van der Waals surface area contributed by atoms with Gasteiger partial charge in [-0.05, 0) is 41.0 Å². The first-order chi connectivity index (χ1) is 13.7. The summed E-state index contributed by atoms with van der Waals surface area (Å²) in [7, 11) is 5.69. The molecule has 3 aromatic carbocycles. The molecule has 5 heteroatoms. The number of benzene rings is 3. The standard InChI is InChI=1S/C14H11BF2.C9H8N2/c15-9-14(10-3-1-5-12(16)7-10)11-4-2-6-13(17)8-11;1-2-4-8(5-3-1)9-6-10-7-11-9/h1-8,14H,9H2;1-7H,(H,10,11). The van der Waals surface area contributed by atoms with Crippen molar-refractivity contribution in [1.82, 2.24) is 9.97 Å². The summed E-state index contributed by atoms with van der Waals surface area (Å²) >= 11 is 0. The van der Waals surface area contributed by atoms with Crippen LogP contribution in [0.25, 0.3) is 11.3 Å². The predicted molar refractivity (Wildman–Crippen MR) is 109 cm³/mol. The number of H-pyrrole nitrogens is 1. The molecule has 0 fully saturated rings. The molecular weight excluding hydrogens is 353 g/mol. The Balaban J connectivity index is 0.000000176. The van der Waals surface area contributed by atoms with Gasteiger partial charge in [0.1, 0.15) is 11.6 Å². The lowest BCUT2D eigenvalue weighted by molar-refractivity contribution is 0.621. The molecule has 0 unspecified atom stereocenters. The molecule has 0 aliphatic heterocycles. The van der Waals surface area contributed by atoms with E-state index in [2.05, 4.69) is 9.97 Å². The molecule has 0 amide bonds. The van der Waals surface area contributed by atoms with Crippen molar-refractivity contribution in [2.24, 2.45) is 0 Å². The molecule has 1 N–H and O–H groups in total. The van der Waals surface area contributed by atoms with Gasteiger partial charge in [-0.1, -0.05) is 60.9 Å². The van der Waals surface area contributed by atoms with Gasteiger partial charge in [-0.15, -0.1) is 0 Å². The van der Waals surface area contributed by atoms with Crippen molar-refractivity contribution in [1.29, 1.82) is 0 Å². The van der Waals surface area contributed by atoms with E-state index < -0.39 is 0 Å². The van der Waals surface area contributed by atoms with Crippen molar-refractivity contribution in [3.05, 3.63) is 114 Å². The zero-order valence-corrected chi connectivity index (χ0v) is 15.2. The van der Waals surface area contributed by atoms with Crippen molar-refractivity contribution in [3.63, 3.8) is 0 Å². The molecule has 1 aromatic heterocycles. The average Bonchev–Trinajstić information content (AvgIpc) is 3.25. The van der Waals surface area contributed by atoms with Crippen LogP contribution in [0.3, 0.4) is 0 Å². The highest BCUT2D eigenvalue weighted by Crippen LogP contribution is 2.28. The van der Waals surface area contributed by atoms with E-state index in [4.69, 9.17) is 7.85 Å². The molecule has 138 valence electrons. The van der Waals surface area contributed by atoms with Crippen LogP contribution >= 0.6 is 0 Å². The Morgan fingerprint density at radius 1 is 0.821 bits per heavy atom. The third kappa shape index (κ3) is 5.16. The Hall–Kier alpha value is -3.21. The molecule has 0 saturated carbocycles. The number of nitrogens with zero attached hydrogens (tertiary/aromatic N) is 1. The Morgan fingerprint density at radius 3 is 1.89 bits per heavy atom. The summed E-state index contributed by atoms with van der Waals surface area (Å²) in [6.07, 6.45) is 3.81. The van der Waals surface area contributed by atoms with Crippen LogP contribution in [0.4, 0.5) is 8.78 Å². The lowest BCUT2D eigenvalue weighted by Crippen LogP contribution is -2.01. The average molecular weight is 372 g/mol. The fourth-order valence-electron chi connectivity index (χ4n) is 2.94. The molecule has 4 aromatic rings. The highest BCUT2D eigenvalue weighted by atomic mass is 19.1. The molecule has 0 aliphatic carbocycles. The Labute approximate surface area is 164 Å². The van der Waals surface area contributed by atoms with E-state index in [1.807, 2.05) is 36.5 Å². The van der Waals surface area contributed by atoms with Crippen LogP contribution in [0.2, 0.25) is 6.32 Å². The summed E-state index contributed by atoms with van der Waals surface area (Å²) in [4.78, 5) is 6.99. The van der Waals surface area contributed by atoms with E-state index in [0.717, 1.165) is 16.8 Å². The second-order valence-electron chi connectivity index (χ2n) is 6.23. The lowest BCUT2D eigenvalue weighted by atomic mass is 9.81. The van der Waals surface area contributed by atoms with Crippen LogP contribution in [0, 0.1) is 11.6 Å². The van der Waals surface area contributed by atoms with E-state index >= 15 is 0 Å². The van der Waals surface area contributed by atoms with Gasteiger partial charge in [0.25, 0.3) is 0 Å². The fraction of sp³-hybridized carbons (Fsp3) is 0.0870. The van der Waals surface area contributed by atoms with E-state index in [-0.39, 0.29) is 17.6 Å². The molecule has 2 radical (unpaired) electrons. The number of hydrogen-bond acceptors (Lipinski definition) is 1. The number of hydrogen-bond donors (Lipinski definition) is 1. The molecule has 28 heavy (non-hydrogen) atoms. The van der Waals surface area contributed by atoms with Gasteiger partial charge in [0.15, 0.2) is 0 Å². The minimum absolute atomic E-state index is 0.179. The summed E-state index contributed by atoms with van der Waals surface area (Å²) < 4.78 is 26.3. The summed E-state index contributed by atoms with van der Waals surface area (Å²) in [5, 5.41) is 0. The molecule has 0 spiro atoms. The van der Waals surface area contributed by atoms with Gasteiger partial charge in [-0.2, -0.15) is 0 Å². The molecule has 0 atom stereocenters. The third-order valence-electron chi connectivity index (χ3n) is 4.32. The number of halogens is 2. The highest BCUT2D eigenvalue weighted by Gasteiger charge is 2.12. The van der Waals surface area contributed by atoms with Gasteiger partial charge >= 0.3 is 0 Å². The van der Waals surface area contributed by atoms with Crippen LogP contribution in [-0.4, -0.2) is 17.8 Å². The second kappa shape index (κ2) is 9.65. The van der Waals surface area contributed by atoms with Gasteiger partial charge in [0, 0.05) is 5.92 Å². The SMILES string of the molecule is [B]CC(c1cccc(F)c1)c1cccc(F)c1.c1ccc(-c2cnc[nH]2)cc1. The van der Waals surface area contributed by atoms with Crippen LogP contribution in [-0.2, 0) is 0 Å². The monoisotopic (exact) mass is 372 g/mol. The Bertz CT molecular complexity index is 943. The van der Waals surface area contributed by atoms with Crippen LogP contribution in [0.5, 0.6) is 0 Å².